The number of rotatable bonds is 5. The maximum absolute atomic E-state index is 10.6. The lowest BCUT2D eigenvalue weighted by atomic mass is 9.87. The number of nitrogens with zero attached hydrogens (tertiary/aromatic N) is 2. The smallest absolute Gasteiger partial charge is 0.288 e. The van der Waals surface area contributed by atoms with E-state index < -0.39 is 4.92 Å². The van der Waals surface area contributed by atoms with Crippen LogP contribution in [-0.2, 0) is 4.74 Å². The Bertz CT molecular complexity index is 459. The number of aliphatic hydroxyl groups excluding tert-OH is 1. The van der Waals surface area contributed by atoms with Crippen LogP contribution in [0.1, 0.15) is 0 Å². The zero-order chi connectivity index (χ0) is 13.2. The summed E-state index contributed by atoms with van der Waals surface area (Å²) in [6.07, 6.45) is 1.19. The van der Waals surface area contributed by atoms with E-state index in [1.165, 1.54) is 12.3 Å². The van der Waals surface area contributed by atoms with Crippen molar-refractivity contribution in [3.8, 4) is 0 Å². The lowest BCUT2D eigenvalue weighted by Crippen LogP contribution is -2.50. The molecule has 0 aromatic carbocycles. The van der Waals surface area contributed by atoms with Crippen molar-refractivity contribution in [1.29, 1.82) is 0 Å². The summed E-state index contributed by atoms with van der Waals surface area (Å²) in [6.45, 7) is 1.54. The van der Waals surface area contributed by atoms with Crippen LogP contribution < -0.4 is 5.32 Å². The molecule has 2 heterocycles. The minimum Gasteiger partial charge on any atom is -0.396 e. The first-order valence-corrected chi connectivity index (χ1v) is 6.08. The molecule has 1 aliphatic heterocycles. The summed E-state index contributed by atoms with van der Waals surface area (Å²) in [5, 5.41) is 22.9. The second-order valence-corrected chi connectivity index (χ2v) is 5.14. The van der Waals surface area contributed by atoms with Crippen LogP contribution in [0.2, 0.25) is 0 Å². The molecule has 0 radical (unpaired) electrons. The lowest BCUT2D eigenvalue weighted by Gasteiger charge is -2.40. The molecule has 0 unspecified atom stereocenters. The lowest BCUT2D eigenvalue weighted by molar-refractivity contribution is -0.385. The quantitative estimate of drug-likeness (QED) is 0.625. The van der Waals surface area contributed by atoms with Crippen LogP contribution in [-0.4, -0.2) is 41.4 Å². The Morgan fingerprint density at radius 2 is 2.39 bits per heavy atom. The number of hydrogen-bond donors (Lipinski definition) is 2. The van der Waals surface area contributed by atoms with Crippen LogP contribution in [0.5, 0.6) is 0 Å². The maximum Gasteiger partial charge on any atom is 0.288 e. The van der Waals surface area contributed by atoms with Crippen LogP contribution in [0.4, 0.5) is 11.5 Å². The van der Waals surface area contributed by atoms with Gasteiger partial charge < -0.3 is 15.2 Å². The van der Waals surface area contributed by atoms with Gasteiger partial charge in [-0.05, 0) is 15.9 Å². The molecule has 0 saturated carbocycles. The third-order valence-electron chi connectivity index (χ3n) is 2.82. The Morgan fingerprint density at radius 3 is 2.83 bits per heavy atom. The molecule has 1 aromatic rings. The molecule has 0 amide bonds. The predicted molar refractivity (Wildman–Crippen MR) is 67.4 cm³/mol. The minimum absolute atomic E-state index is 0.0323. The number of hydrogen-bond acceptors (Lipinski definition) is 6. The molecule has 0 aliphatic carbocycles. The number of nitro groups is 1. The Morgan fingerprint density at radius 1 is 1.67 bits per heavy atom. The van der Waals surface area contributed by atoms with Gasteiger partial charge in [-0.2, -0.15) is 0 Å². The summed E-state index contributed by atoms with van der Waals surface area (Å²) in [7, 11) is 0. The van der Waals surface area contributed by atoms with Crippen molar-refractivity contribution in [2.75, 3.05) is 31.7 Å². The Labute approximate surface area is 111 Å². The highest BCUT2D eigenvalue weighted by Gasteiger charge is 2.38. The predicted octanol–water partition coefficient (Wildman–Crippen LogP) is 1.17. The van der Waals surface area contributed by atoms with Gasteiger partial charge in [0.1, 0.15) is 12.0 Å². The molecule has 18 heavy (non-hydrogen) atoms. The fraction of sp³-hybridized carbons (Fsp3) is 0.500. The van der Waals surface area contributed by atoms with Gasteiger partial charge >= 0.3 is 0 Å². The zero-order valence-electron chi connectivity index (χ0n) is 9.43. The van der Waals surface area contributed by atoms with Crippen LogP contribution >= 0.6 is 15.9 Å². The zero-order valence-corrected chi connectivity index (χ0v) is 11.0. The van der Waals surface area contributed by atoms with Crippen molar-refractivity contribution < 1.29 is 14.8 Å². The van der Waals surface area contributed by atoms with E-state index in [4.69, 9.17) is 4.74 Å². The van der Waals surface area contributed by atoms with Crippen molar-refractivity contribution in [3.63, 3.8) is 0 Å². The van der Waals surface area contributed by atoms with Crippen molar-refractivity contribution in [2.24, 2.45) is 5.41 Å². The highest BCUT2D eigenvalue weighted by molar-refractivity contribution is 9.10. The highest BCUT2D eigenvalue weighted by Crippen LogP contribution is 2.29. The molecule has 1 aromatic heterocycles. The number of nitrogens with one attached hydrogen (secondary N) is 1. The normalized spacial score (nSPS) is 17.0. The fourth-order valence-corrected chi connectivity index (χ4v) is 2.05. The first kappa shape index (κ1) is 13.2. The monoisotopic (exact) mass is 317 g/mol. The Kier molecular flexibility index (Phi) is 3.79. The molecule has 1 fully saturated rings. The molecule has 0 bridgehead atoms. The van der Waals surface area contributed by atoms with E-state index in [0.717, 1.165) is 0 Å². The van der Waals surface area contributed by atoms with Gasteiger partial charge in [-0.1, -0.05) is 0 Å². The van der Waals surface area contributed by atoms with E-state index in [2.05, 4.69) is 26.2 Å². The topological polar surface area (TPSA) is 97.5 Å². The third kappa shape index (κ3) is 2.60. The molecule has 2 rings (SSSR count). The third-order valence-corrected chi connectivity index (χ3v) is 3.42. The summed E-state index contributed by atoms with van der Waals surface area (Å²) in [5.41, 5.74) is -0.348. The summed E-state index contributed by atoms with van der Waals surface area (Å²) in [5.74, 6) is 0.514. The largest absolute Gasteiger partial charge is 0.396 e. The first-order valence-electron chi connectivity index (χ1n) is 5.29. The van der Waals surface area contributed by atoms with Crippen molar-refractivity contribution in [1.82, 2.24) is 4.98 Å². The summed E-state index contributed by atoms with van der Waals surface area (Å²) < 4.78 is 5.60. The molecule has 8 heteroatoms. The average Bonchev–Trinajstić information content (AvgIpc) is 2.29. The fourth-order valence-electron chi connectivity index (χ4n) is 1.57. The molecule has 0 atom stereocenters. The average molecular weight is 318 g/mol. The highest BCUT2D eigenvalue weighted by atomic mass is 79.9. The number of anilines is 1. The summed E-state index contributed by atoms with van der Waals surface area (Å²) >= 11 is 3.22. The van der Waals surface area contributed by atoms with E-state index in [1.54, 1.807) is 0 Å². The van der Waals surface area contributed by atoms with Gasteiger partial charge in [0.2, 0.25) is 0 Å². The number of ether oxygens (including phenoxy) is 1. The minimum atomic E-state index is -0.503. The molecule has 2 N–H and O–H groups in total. The van der Waals surface area contributed by atoms with Gasteiger partial charge in [-0.3, -0.25) is 10.1 Å². The number of pyridine rings is 1. The van der Waals surface area contributed by atoms with Gasteiger partial charge in [-0.15, -0.1) is 0 Å². The second-order valence-electron chi connectivity index (χ2n) is 4.29. The maximum atomic E-state index is 10.6. The van der Waals surface area contributed by atoms with Gasteiger partial charge in [0.05, 0.1) is 34.6 Å². The molecule has 7 nitrogen and oxygen atoms in total. The second kappa shape index (κ2) is 5.17. The van der Waals surface area contributed by atoms with Gasteiger partial charge in [0.25, 0.3) is 5.69 Å². The standard InChI is InChI=1S/C10H12BrN3O4/c11-8-1-7(14(16)17)2-12-9(8)13-3-10(4-15)5-18-6-10/h1-2,15H,3-6H2,(H,12,13). The van der Waals surface area contributed by atoms with E-state index in [9.17, 15) is 15.2 Å². The van der Waals surface area contributed by atoms with E-state index >= 15 is 0 Å². The van der Waals surface area contributed by atoms with Crippen LogP contribution in [0, 0.1) is 15.5 Å². The first-order chi connectivity index (χ1) is 8.56. The van der Waals surface area contributed by atoms with E-state index in [-0.39, 0.29) is 17.7 Å². The van der Waals surface area contributed by atoms with Gasteiger partial charge in [-0.25, -0.2) is 4.98 Å². The van der Waals surface area contributed by atoms with Gasteiger partial charge in [0.15, 0.2) is 0 Å². The molecule has 0 spiro atoms. The van der Waals surface area contributed by atoms with Crippen molar-refractivity contribution in [2.45, 2.75) is 0 Å². The van der Waals surface area contributed by atoms with Crippen LogP contribution in [0.3, 0.4) is 0 Å². The van der Waals surface area contributed by atoms with E-state index in [0.29, 0.717) is 30.0 Å². The Hall–Kier alpha value is -1.25. The number of halogens is 1. The van der Waals surface area contributed by atoms with E-state index in [1.807, 2.05) is 0 Å². The number of aliphatic hydroxyl groups is 1. The van der Waals surface area contributed by atoms with Crippen LogP contribution in [0.25, 0.3) is 0 Å². The molecule has 1 aliphatic rings. The molecular formula is C10H12BrN3O4. The Balaban J connectivity index is 2.03. The summed E-state index contributed by atoms with van der Waals surface area (Å²) in [6, 6.07) is 1.39. The summed E-state index contributed by atoms with van der Waals surface area (Å²) in [4.78, 5) is 14.0. The molecule has 98 valence electrons. The van der Waals surface area contributed by atoms with Gasteiger partial charge in [0, 0.05) is 12.6 Å². The van der Waals surface area contributed by atoms with Crippen molar-refractivity contribution in [3.05, 3.63) is 26.9 Å². The number of aromatic nitrogens is 1. The molecular weight excluding hydrogens is 306 g/mol. The van der Waals surface area contributed by atoms with Crippen molar-refractivity contribution >= 4 is 27.4 Å². The SMILES string of the molecule is O=[N+]([O-])c1cnc(NCC2(CO)COC2)c(Br)c1. The molecule has 1 saturated heterocycles. The van der Waals surface area contributed by atoms with Crippen LogP contribution in [0.15, 0.2) is 16.7 Å².